The maximum absolute atomic E-state index is 13.9. The van der Waals surface area contributed by atoms with Crippen molar-refractivity contribution in [3.8, 4) is 11.3 Å². The number of carbonyl (C=O) groups excluding carboxylic acids is 4. The van der Waals surface area contributed by atoms with Crippen LogP contribution in [-0.2, 0) is 20.8 Å². The van der Waals surface area contributed by atoms with Gasteiger partial charge in [0.25, 0.3) is 0 Å². The lowest BCUT2D eigenvalue weighted by Crippen LogP contribution is -2.52. The first-order valence-corrected chi connectivity index (χ1v) is 15.9. The molecule has 2 aromatic carbocycles. The summed E-state index contributed by atoms with van der Waals surface area (Å²) in [6.07, 6.45) is -1.22. The first-order chi connectivity index (χ1) is 23.2. The number of nitrogens with one attached hydrogen (secondary N) is 2. The second kappa shape index (κ2) is 16.5. The number of urea groups is 1. The van der Waals surface area contributed by atoms with Gasteiger partial charge in [-0.3, -0.25) is 10.1 Å². The summed E-state index contributed by atoms with van der Waals surface area (Å²) in [4.78, 5) is 55.8. The summed E-state index contributed by atoms with van der Waals surface area (Å²) >= 11 is 6.02. The summed E-state index contributed by atoms with van der Waals surface area (Å²) in [5.41, 5.74) is 0.138. The summed E-state index contributed by atoms with van der Waals surface area (Å²) in [5.74, 6) is -1.07. The summed E-state index contributed by atoms with van der Waals surface area (Å²) in [7, 11) is 1.47. The Balaban J connectivity index is 1.35. The van der Waals surface area contributed by atoms with Gasteiger partial charge < -0.3 is 34.0 Å². The van der Waals surface area contributed by atoms with Gasteiger partial charge in [-0.2, -0.15) is 0 Å². The normalized spacial score (nSPS) is 13.8. The average molecular weight is 705 g/mol. The van der Waals surface area contributed by atoms with E-state index in [1.54, 1.807) is 42.7 Å². The number of aromatic nitrogens is 1. The number of benzene rings is 2. The van der Waals surface area contributed by atoms with Crippen LogP contribution in [0.25, 0.3) is 11.3 Å². The highest BCUT2D eigenvalue weighted by molar-refractivity contribution is 6.31. The Morgan fingerprint density at radius 3 is 2.43 bits per heavy atom. The van der Waals surface area contributed by atoms with Crippen LogP contribution in [0, 0.1) is 11.6 Å². The fourth-order valence-electron chi connectivity index (χ4n) is 4.87. The number of anilines is 1. The number of hydrogen-bond donors (Lipinski definition) is 2. The van der Waals surface area contributed by atoms with E-state index in [1.165, 1.54) is 48.3 Å². The predicted octanol–water partition coefficient (Wildman–Crippen LogP) is 5.89. The lowest BCUT2D eigenvalue weighted by molar-refractivity contribution is -0.133. The number of likely N-dealkylation sites (N-methyl/N-ethyl adjacent to an activating group) is 1. The van der Waals surface area contributed by atoms with Crippen molar-refractivity contribution in [2.75, 3.05) is 45.2 Å². The summed E-state index contributed by atoms with van der Waals surface area (Å²) in [6, 6.07) is 9.94. The fourth-order valence-corrected chi connectivity index (χ4v) is 5.07. The third kappa shape index (κ3) is 10.8. The Kier molecular flexibility index (Phi) is 12.4. The van der Waals surface area contributed by atoms with Crippen LogP contribution < -0.4 is 10.6 Å². The first-order valence-electron chi connectivity index (χ1n) is 15.6. The van der Waals surface area contributed by atoms with Crippen LogP contribution in [0.2, 0.25) is 5.02 Å². The highest BCUT2D eigenvalue weighted by atomic mass is 35.5. The van der Waals surface area contributed by atoms with Gasteiger partial charge in [-0.1, -0.05) is 41.0 Å². The fraction of sp³-hybridized carbons (Fsp3) is 0.424. The minimum absolute atomic E-state index is 0.00963. The summed E-state index contributed by atoms with van der Waals surface area (Å²) < 4.78 is 43.5. The van der Waals surface area contributed by atoms with Crippen LogP contribution in [-0.4, -0.2) is 95.5 Å². The lowest BCUT2D eigenvalue weighted by atomic mass is 10.1. The van der Waals surface area contributed by atoms with Crippen molar-refractivity contribution < 1.29 is 42.0 Å². The number of hydrogen-bond acceptors (Lipinski definition) is 8. The zero-order valence-corrected chi connectivity index (χ0v) is 28.4. The maximum Gasteiger partial charge on any atom is 0.412 e. The molecule has 1 aromatic heterocycles. The van der Waals surface area contributed by atoms with Crippen LogP contribution in [0.15, 0.2) is 53.1 Å². The van der Waals surface area contributed by atoms with Gasteiger partial charge in [-0.15, -0.1) is 0 Å². The molecular weight excluding hydrogens is 666 g/mol. The van der Waals surface area contributed by atoms with Crippen LogP contribution in [0.1, 0.15) is 39.2 Å². The van der Waals surface area contributed by atoms with Crippen LogP contribution in [0.3, 0.4) is 0 Å². The van der Waals surface area contributed by atoms with Crippen molar-refractivity contribution in [3.05, 3.63) is 70.8 Å². The Hall–Kier alpha value is -4.92. The van der Waals surface area contributed by atoms with E-state index in [4.69, 9.17) is 25.6 Å². The highest BCUT2D eigenvalue weighted by Gasteiger charge is 2.29. The largest absolute Gasteiger partial charge is 0.447 e. The molecule has 0 radical (unpaired) electrons. The Morgan fingerprint density at radius 1 is 1.04 bits per heavy atom. The molecule has 0 bridgehead atoms. The molecule has 2 N–H and O–H groups in total. The molecule has 1 atom stereocenters. The number of carbonyl (C=O) groups is 4. The standard InChI is InChI=1S/C33H39ClF2N6O7/c1-33(2,3)48-32(46)42-15-13-41(14-16-42)28(43)12-11-24(40(4)30(44)37-19-22-8-6-10-25(36)29(22)34)20-47-31(45)38-27-18-26(49-39-27)21-7-5-9-23(35)17-21/h5-10,17-18,24H,11-16,19-20H2,1-4H3,(H,37,44)(H,38,39,45). The topological polar surface area (TPSA) is 147 Å². The van der Waals surface area contributed by atoms with Gasteiger partial charge >= 0.3 is 18.2 Å². The number of rotatable bonds is 10. The molecule has 13 nitrogen and oxygen atoms in total. The van der Waals surface area contributed by atoms with Crippen molar-refractivity contribution >= 4 is 41.5 Å². The van der Waals surface area contributed by atoms with Crippen molar-refractivity contribution in [1.82, 2.24) is 25.2 Å². The quantitative estimate of drug-likeness (QED) is 0.266. The van der Waals surface area contributed by atoms with E-state index in [1.807, 2.05) is 0 Å². The van der Waals surface area contributed by atoms with Crippen LogP contribution in [0.5, 0.6) is 0 Å². The second-order valence-electron chi connectivity index (χ2n) is 12.3. The molecule has 0 spiro atoms. The van der Waals surface area contributed by atoms with E-state index in [2.05, 4.69) is 15.8 Å². The Morgan fingerprint density at radius 2 is 1.73 bits per heavy atom. The van der Waals surface area contributed by atoms with Gasteiger partial charge in [-0.05, 0) is 51.0 Å². The molecule has 1 saturated heterocycles. The molecule has 1 aliphatic heterocycles. The van der Waals surface area contributed by atoms with Crippen molar-refractivity contribution in [3.63, 3.8) is 0 Å². The molecule has 49 heavy (non-hydrogen) atoms. The Labute approximate surface area is 287 Å². The Bertz CT molecular complexity index is 1640. The zero-order chi connectivity index (χ0) is 35.7. The lowest BCUT2D eigenvalue weighted by Gasteiger charge is -2.36. The number of piperazine rings is 1. The van der Waals surface area contributed by atoms with E-state index < -0.39 is 41.5 Å². The number of halogens is 3. The minimum atomic E-state index is -0.908. The predicted molar refractivity (Wildman–Crippen MR) is 176 cm³/mol. The molecule has 1 unspecified atom stereocenters. The monoisotopic (exact) mass is 704 g/mol. The van der Waals surface area contributed by atoms with E-state index in [9.17, 15) is 28.0 Å². The van der Waals surface area contributed by atoms with Crippen LogP contribution >= 0.6 is 11.6 Å². The highest BCUT2D eigenvalue weighted by Crippen LogP contribution is 2.23. The van der Waals surface area contributed by atoms with Gasteiger partial charge in [0.15, 0.2) is 11.6 Å². The average Bonchev–Trinajstić information content (AvgIpc) is 3.52. The van der Waals surface area contributed by atoms with E-state index in [-0.39, 0.29) is 48.5 Å². The zero-order valence-electron chi connectivity index (χ0n) is 27.6. The van der Waals surface area contributed by atoms with E-state index >= 15 is 0 Å². The number of nitrogens with zero attached hydrogens (tertiary/aromatic N) is 4. The smallest absolute Gasteiger partial charge is 0.412 e. The third-order valence-electron chi connectivity index (χ3n) is 7.56. The molecule has 4 rings (SSSR count). The molecule has 1 fully saturated rings. The second-order valence-corrected chi connectivity index (χ2v) is 12.7. The molecule has 16 heteroatoms. The molecule has 264 valence electrons. The maximum atomic E-state index is 13.9. The van der Waals surface area contributed by atoms with Gasteiger partial charge in [-0.25, -0.2) is 23.2 Å². The van der Waals surface area contributed by atoms with Gasteiger partial charge in [0.2, 0.25) is 5.91 Å². The molecule has 3 aromatic rings. The number of amides is 5. The molecule has 5 amide bonds. The van der Waals surface area contributed by atoms with E-state index in [0.29, 0.717) is 37.3 Å². The number of ether oxygens (including phenoxy) is 2. The van der Waals surface area contributed by atoms with E-state index in [0.717, 1.165) is 0 Å². The first kappa shape index (κ1) is 36.9. The summed E-state index contributed by atoms with van der Waals surface area (Å²) in [5, 5.41) is 8.73. The third-order valence-corrected chi connectivity index (χ3v) is 7.98. The molecule has 0 aliphatic carbocycles. The van der Waals surface area contributed by atoms with Gasteiger partial charge in [0.1, 0.15) is 23.8 Å². The SMILES string of the molecule is CN(C(=O)NCc1cccc(F)c1Cl)C(CCC(=O)N1CCN(C(=O)OC(C)(C)C)CC1)COC(=O)Nc1cc(-c2cccc(F)c2)on1. The molecule has 0 saturated carbocycles. The molecule has 1 aliphatic rings. The molecular formula is C33H39ClF2N6O7. The van der Waals surface area contributed by atoms with Gasteiger partial charge in [0.05, 0.1) is 11.1 Å². The molecule has 2 heterocycles. The van der Waals surface area contributed by atoms with Crippen LogP contribution in [0.4, 0.5) is 29.0 Å². The van der Waals surface area contributed by atoms with Crippen molar-refractivity contribution in [2.45, 2.75) is 51.8 Å². The van der Waals surface area contributed by atoms with Gasteiger partial charge in [0, 0.05) is 57.8 Å². The van der Waals surface area contributed by atoms with Crippen molar-refractivity contribution in [1.29, 1.82) is 0 Å². The minimum Gasteiger partial charge on any atom is -0.447 e. The van der Waals surface area contributed by atoms with Crippen molar-refractivity contribution in [2.24, 2.45) is 0 Å². The summed E-state index contributed by atoms with van der Waals surface area (Å²) in [6.45, 7) is 6.19.